The Morgan fingerprint density at radius 2 is 0.582 bits per heavy atom. The summed E-state index contributed by atoms with van der Waals surface area (Å²) in [5, 5.41) is 0. The van der Waals surface area contributed by atoms with Crippen LogP contribution < -0.4 is 0 Å². The van der Waals surface area contributed by atoms with Crippen molar-refractivity contribution in [1.82, 2.24) is 0 Å². The Bertz CT molecular complexity index is 1300. The monoisotopic (exact) mass is 933 g/mol. The highest BCUT2D eigenvalue weighted by Gasteiger charge is 2.19. The van der Waals surface area contributed by atoms with E-state index in [2.05, 4.69) is 106 Å². The first-order valence-electron chi connectivity index (χ1n) is 28.1. The molecule has 67 heavy (non-hydrogen) atoms. The van der Waals surface area contributed by atoms with Crippen molar-refractivity contribution in [3.8, 4) is 0 Å². The van der Waals surface area contributed by atoms with Crippen molar-refractivity contribution in [2.75, 3.05) is 13.2 Å². The molecule has 384 valence electrons. The zero-order valence-corrected chi connectivity index (χ0v) is 43.9. The first-order valence-corrected chi connectivity index (χ1v) is 28.1. The van der Waals surface area contributed by atoms with Gasteiger partial charge in [0.05, 0.1) is 0 Å². The molecule has 0 rings (SSSR count). The molecule has 0 radical (unpaired) electrons. The van der Waals surface area contributed by atoms with Crippen LogP contribution in [-0.4, -0.2) is 37.2 Å². The molecule has 6 nitrogen and oxygen atoms in total. The summed E-state index contributed by atoms with van der Waals surface area (Å²) < 4.78 is 16.8. The quantitative estimate of drug-likeness (QED) is 0.0262. The van der Waals surface area contributed by atoms with Crippen LogP contribution in [0, 0.1) is 0 Å². The second kappa shape index (κ2) is 55.2. The fourth-order valence-corrected chi connectivity index (χ4v) is 7.63. The van der Waals surface area contributed by atoms with Gasteiger partial charge >= 0.3 is 17.9 Å². The minimum Gasteiger partial charge on any atom is -0.462 e. The number of ether oxygens (including phenoxy) is 3. The largest absolute Gasteiger partial charge is 0.462 e. The predicted octanol–water partition coefficient (Wildman–Crippen LogP) is 18.8. The summed E-state index contributed by atoms with van der Waals surface area (Å²) in [6.45, 7) is 6.46. The van der Waals surface area contributed by atoms with Gasteiger partial charge in [-0.1, -0.05) is 215 Å². The van der Waals surface area contributed by atoms with E-state index in [0.717, 1.165) is 96.3 Å². The van der Waals surface area contributed by atoms with Crippen molar-refractivity contribution in [2.24, 2.45) is 0 Å². The highest BCUT2D eigenvalue weighted by molar-refractivity contribution is 5.71. The molecule has 0 saturated carbocycles. The van der Waals surface area contributed by atoms with Gasteiger partial charge in [0.15, 0.2) is 6.10 Å². The maximum Gasteiger partial charge on any atom is 0.306 e. The van der Waals surface area contributed by atoms with Gasteiger partial charge in [0, 0.05) is 19.3 Å². The molecule has 0 bridgehead atoms. The van der Waals surface area contributed by atoms with E-state index in [4.69, 9.17) is 14.2 Å². The van der Waals surface area contributed by atoms with E-state index in [9.17, 15) is 14.4 Å². The van der Waals surface area contributed by atoms with Gasteiger partial charge in [-0.25, -0.2) is 0 Å². The molecule has 0 N–H and O–H groups in total. The van der Waals surface area contributed by atoms with Crippen LogP contribution >= 0.6 is 0 Å². The highest BCUT2D eigenvalue weighted by atomic mass is 16.6. The molecule has 1 atom stereocenters. The van der Waals surface area contributed by atoms with Crippen LogP contribution in [-0.2, 0) is 28.6 Å². The van der Waals surface area contributed by atoms with Crippen molar-refractivity contribution >= 4 is 17.9 Å². The van der Waals surface area contributed by atoms with E-state index in [0.29, 0.717) is 19.3 Å². The van der Waals surface area contributed by atoms with Crippen LogP contribution in [0.2, 0.25) is 0 Å². The molecule has 0 aliphatic rings. The smallest absolute Gasteiger partial charge is 0.306 e. The Hall–Kier alpha value is -3.41. The van der Waals surface area contributed by atoms with Gasteiger partial charge in [0.1, 0.15) is 13.2 Å². The molecule has 0 spiro atoms. The molecule has 0 aromatic carbocycles. The first kappa shape index (κ1) is 63.6. The summed E-state index contributed by atoms with van der Waals surface area (Å²) in [5.41, 5.74) is 0. The van der Waals surface area contributed by atoms with Crippen LogP contribution in [0.1, 0.15) is 265 Å². The van der Waals surface area contributed by atoms with Gasteiger partial charge in [-0.15, -0.1) is 0 Å². The molecule has 0 heterocycles. The molecule has 0 saturated heterocycles. The first-order chi connectivity index (χ1) is 33.0. The van der Waals surface area contributed by atoms with E-state index in [1.165, 1.54) is 128 Å². The Labute approximate surface area is 414 Å². The lowest BCUT2D eigenvalue weighted by atomic mass is 10.1. The number of esters is 3. The van der Waals surface area contributed by atoms with Crippen LogP contribution in [0.25, 0.3) is 0 Å². The lowest BCUT2D eigenvalue weighted by Crippen LogP contribution is -2.30. The van der Waals surface area contributed by atoms with E-state index in [1.54, 1.807) is 0 Å². The number of carbonyl (C=O) groups is 3. The second-order valence-electron chi connectivity index (χ2n) is 18.5. The SMILES string of the molecule is CC/C=C\C/C=C\C/C=C\C/C=C\CCCCC(=O)OC[C@H](COC(=O)CCCCCCCCC/C=C\CCCCCCCC)OC(=O)CCCCCCCCC/C=C\C/C=C\CCCCC. The highest BCUT2D eigenvalue weighted by Crippen LogP contribution is 2.14. The summed E-state index contributed by atoms with van der Waals surface area (Å²) in [5.74, 6) is -0.946. The summed E-state index contributed by atoms with van der Waals surface area (Å²) in [6, 6.07) is 0. The summed E-state index contributed by atoms with van der Waals surface area (Å²) in [7, 11) is 0. The fraction of sp³-hybridized carbons (Fsp3) is 0.721. The average molecular weight is 933 g/mol. The van der Waals surface area contributed by atoms with Crippen molar-refractivity contribution in [3.05, 3.63) is 85.1 Å². The topological polar surface area (TPSA) is 78.9 Å². The third-order valence-corrected chi connectivity index (χ3v) is 11.9. The van der Waals surface area contributed by atoms with Gasteiger partial charge in [-0.05, 0) is 116 Å². The van der Waals surface area contributed by atoms with E-state index >= 15 is 0 Å². The van der Waals surface area contributed by atoms with Gasteiger partial charge in [0.2, 0.25) is 0 Å². The lowest BCUT2D eigenvalue weighted by Gasteiger charge is -2.18. The Morgan fingerprint density at radius 3 is 0.985 bits per heavy atom. The van der Waals surface area contributed by atoms with Crippen LogP contribution in [0.4, 0.5) is 0 Å². The van der Waals surface area contributed by atoms with Gasteiger partial charge < -0.3 is 14.2 Å². The maximum absolute atomic E-state index is 12.8. The van der Waals surface area contributed by atoms with Crippen molar-refractivity contribution in [1.29, 1.82) is 0 Å². The predicted molar refractivity (Wildman–Crippen MR) is 288 cm³/mol. The van der Waals surface area contributed by atoms with Crippen LogP contribution in [0.5, 0.6) is 0 Å². The molecule has 0 aliphatic heterocycles. The number of hydrogen-bond acceptors (Lipinski definition) is 6. The third-order valence-electron chi connectivity index (χ3n) is 11.9. The van der Waals surface area contributed by atoms with Crippen molar-refractivity contribution in [3.63, 3.8) is 0 Å². The number of carbonyl (C=O) groups excluding carboxylic acids is 3. The lowest BCUT2D eigenvalue weighted by molar-refractivity contribution is -0.167. The molecular weight excluding hydrogens is 829 g/mol. The van der Waals surface area contributed by atoms with E-state index < -0.39 is 6.10 Å². The van der Waals surface area contributed by atoms with Crippen molar-refractivity contribution < 1.29 is 28.6 Å². The molecule has 0 aromatic rings. The van der Waals surface area contributed by atoms with E-state index in [-0.39, 0.29) is 31.1 Å². The number of unbranched alkanes of at least 4 members (excludes halogenated alkanes) is 25. The summed E-state index contributed by atoms with van der Waals surface area (Å²) >= 11 is 0. The third kappa shape index (κ3) is 53.4. The normalized spacial score (nSPS) is 12.7. The van der Waals surface area contributed by atoms with E-state index in [1.807, 2.05) is 0 Å². The summed E-state index contributed by atoms with van der Waals surface area (Å²) in [4.78, 5) is 38.1. The zero-order chi connectivity index (χ0) is 48.6. The Balaban J connectivity index is 4.46. The van der Waals surface area contributed by atoms with Crippen LogP contribution in [0.3, 0.4) is 0 Å². The van der Waals surface area contributed by atoms with Gasteiger partial charge in [-0.2, -0.15) is 0 Å². The molecule has 0 unspecified atom stereocenters. The Morgan fingerprint density at radius 1 is 0.313 bits per heavy atom. The van der Waals surface area contributed by atoms with Gasteiger partial charge in [0.25, 0.3) is 0 Å². The van der Waals surface area contributed by atoms with Crippen molar-refractivity contribution in [2.45, 2.75) is 271 Å². The number of allylic oxidation sites excluding steroid dienone is 14. The average Bonchev–Trinajstić information content (AvgIpc) is 3.33. The summed E-state index contributed by atoms with van der Waals surface area (Å²) in [6.07, 6.45) is 71.4. The second-order valence-corrected chi connectivity index (χ2v) is 18.5. The van der Waals surface area contributed by atoms with Gasteiger partial charge in [-0.3, -0.25) is 14.4 Å². The fourth-order valence-electron chi connectivity index (χ4n) is 7.63. The Kier molecular flexibility index (Phi) is 52.4. The molecule has 0 amide bonds. The minimum atomic E-state index is -0.800. The number of rotatable bonds is 50. The molecule has 0 fully saturated rings. The standard InChI is InChI=1S/C61H104O6/c1-4-7-10-13-16-19-22-25-28-30-33-36-39-42-45-48-51-54-60(63)66-57-58(56-65-59(62)53-50-47-44-41-38-35-32-27-24-21-18-15-12-9-6-3)67-61(64)55-52-49-46-43-40-37-34-31-29-26-23-20-17-14-11-8-5-2/h9,12,17-18,20-21,25-29,32,38,41,58H,4-8,10-11,13-16,19,22-24,30-31,33-37,39-40,42-57H2,1-3H3/b12-9-,20-17-,21-18-,28-25-,29-26-,32-27-,41-38-/t58-/m1/s1. The zero-order valence-electron chi connectivity index (χ0n) is 43.9. The van der Waals surface area contributed by atoms with Crippen LogP contribution in [0.15, 0.2) is 85.1 Å². The molecule has 0 aromatic heterocycles. The number of hydrogen-bond donors (Lipinski definition) is 0. The maximum atomic E-state index is 12.8. The molecular formula is C61H104O6. The molecule has 0 aliphatic carbocycles. The minimum absolute atomic E-state index is 0.0952. The molecule has 6 heteroatoms.